The van der Waals surface area contributed by atoms with Gasteiger partial charge in [-0.05, 0) is 13.8 Å². The van der Waals surface area contributed by atoms with E-state index < -0.39 is 36.3 Å². The molecule has 0 aliphatic heterocycles. The first-order valence-electron chi connectivity index (χ1n) is 7.73. The topological polar surface area (TPSA) is 6.48 Å². The van der Waals surface area contributed by atoms with Crippen molar-refractivity contribution in [2.45, 2.75) is 52.3 Å². The number of hydrogen-bond donors (Lipinski definition) is 0. The Morgan fingerprint density at radius 2 is 1.11 bits per heavy atom. The zero-order valence-electron chi connectivity index (χ0n) is 15.0. The quantitative estimate of drug-likeness (QED) is 0.374. The van der Waals surface area contributed by atoms with Gasteiger partial charge >= 0.3 is 18.4 Å². The second-order valence-corrected chi connectivity index (χ2v) is 4.94. The van der Waals surface area contributed by atoms with Gasteiger partial charge in [-0.15, -0.1) is 0 Å². The Bertz CT molecular complexity index is 449. The fourth-order valence-electron chi connectivity index (χ4n) is 1.76. The minimum atomic E-state index is -5.54. The Hall–Kier alpha value is -1.27. The van der Waals surface area contributed by atoms with E-state index >= 15 is 0 Å². The number of allylic oxidation sites excluding steroid dienone is 1. The molecule has 0 saturated carbocycles. The Balaban J connectivity index is 0. The first kappa shape index (κ1) is 27.9. The highest BCUT2D eigenvalue weighted by atomic mass is 19.4. The van der Waals surface area contributed by atoms with Crippen molar-refractivity contribution in [1.29, 1.82) is 0 Å². The second-order valence-electron chi connectivity index (χ2n) is 4.94. The summed E-state index contributed by atoms with van der Waals surface area (Å²) < 4.78 is 133. The molecule has 0 bridgehead atoms. The van der Waals surface area contributed by atoms with E-state index in [1.54, 1.807) is 0 Å². The maximum Gasteiger partial charge on any atom is 0.447 e. The van der Waals surface area contributed by atoms with E-state index in [2.05, 4.69) is 0 Å². The summed E-state index contributed by atoms with van der Waals surface area (Å²) >= 11 is 0. The molecule has 0 fully saturated rings. The summed E-state index contributed by atoms with van der Waals surface area (Å²) in [6.07, 6.45) is -14.9. The highest BCUT2D eigenvalue weighted by molar-refractivity contribution is 5.04. The Morgan fingerprint density at radius 3 is 1.33 bits per heavy atom. The van der Waals surface area contributed by atoms with Crippen molar-refractivity contribution in [3.05, 3.63) is 11.8 Å². The van der Waals surface area contributed by atoms with E-state index in [1.807, 2.05) is 0 Å². The number of rotatable bonds is 7. The maximum atomic E-state index is 12.8. The van der Waals surface area contributed by atoms with Gasteiger partial charge in [0.1, 0.15) is 0 Å². The van der Waals surface area contributed by atoms with Crippen molar-refractivity contribution in [3.63, 3.8) is 0 Å². The van der Waals surface area contributed by atoms with Gasteiger partial charge in [0, 0.05) is 26.2 Å². The van der Waals surface area contributed by atoms with Gasteiger partial charge in [0.2, 0.25) is 5.95 Å². The smallest absolute Gasteiger partial charge is 0.347 e. The summed E-state index contributed by atoms with van der Waals surface area (Å²) in [6, 6.07) is -4.50. The third-order valence-electron chi connectivity index (χ3n) is 3.25. The van der Waals surface area contributed by atoms with Crippen molar-refractivity contribution >= 4 is 0 Å². The van der Waals surface area contributed by atoms with Crippen LogP contribution in [0.5, 0.6) is 0 Å². The molecule has 0 aliphatic rings. The molecule has 1 atom stereocenters. The van der Waals surface area contributed by atoms with Crippen LogP contribution in [0.15, 0.2) is 11.8 Å². The largest absolute Gasteiger partial charge is 0.447 e. The van der Waals surface area contributed by atoms with Gasteiger partial charge < -0.3 is 4.90 Å². The van der Waals surface area contributed by atoms with Crippen LogP contribution in [-0.2, 0) is 0 Å². The lowest BCUT2D eigenvalue weighted by Crippen LogP contribution is -2.53. The van der Waals surface area contributed by atoms with Gasteiger partial charge in [-0.3, -0.25) is 0 Å². The predicted octanol–water partition coefficient (Wildman–Crippen LogP) is 5.82. The zero-order valence-corrected chi connectivity index (χ0v) is 15.0. The van der Waals surface area contributed by atoms with Crippen LogP contribution in [-0.4, -0.2) is 60.5 Å². The van der Waals surface area contributed by atoms with E-state index in [1.165, 1.54) is 27.7 Å². The van der Waals surface area contributed by atoms with Crippen molar-refractivity contribution in [1.82, 2.24) is 9.80 Å². The molecule has 164 valence electrons. The lowest BCUT2D eigenvalue weighted by Gasteiger charge is -2.32. The van der Waals surface area contributed by atoms with E-state index in [0.29, 0.717) is 4.90 Å². The molecule has 0 aromatic carbocycles. The third kappa shape index (κ3) is 8.52. The molecular formula is C14H21F11N2. The number of nitrogens with zero attached hydrogens (tertiary/aromatic N) is 2. The average Bonchev–Trinajstić information content (AvgIpc) is 2.54. The third-order valence-corrected chi connectivity index (χ3v) is 3.25. The minimum Gasteiger partial charge on any atom is -0.347 e. The van der Waals surface area contributed by atoms with Gasteiger partial charge in [0.05, 0.1) is 0 Å². The fourth-order valence-corrected chi connectivity index (χ4v) is 1.76. The van der Waals surface area contributed by atoms with Gasteiger partial charge in [-0.25, -0.2) is 9.29 Å². The van der Waals surface area contributed by atoms with Crippen molar-refractivity contribution in [3.8, 4) is 0 Å². The van der Waals surface area contributed by atoms with Crippen LogP contribution in [0.2, 0.25) is 0 Å². The number of hydrogen-bond acceptors (Lipinski definition) is 2. The summed E-state index contributed by atoms with van der Waals surface area (Å²) in [5.74, 6) is -4.52. The molecule has 0 N–H and O–H groups in total. The SMILES string of the molecule is CCN(CC)/C(F)=C(\F)C(F)(F)F.CCN(CC)C(F)(F)C(F)C(F)(F)F. The van der Waals surface area contributed by atoms with E-state index in [9.17, 15) is 48.3 Å². The average molecular weight is 426 g/mol. The molecule has 0 heterocycles. The van der Waals surface area contributed by atoms with Crippen molar-refractivity contribution in [2.75, 3.05) is 26.2 Å². The van der Waals surface area contributed by atoms with Crippen LogP contribution in [0.4, 0.5) is 48.3 Å². The lowest BCUT2D eigenvalue weighted by molar-refractivity contribution is -0.287. The summed E-state index contributed by atoms with van der Waals surface area (Å²) in [7, 11) is 0. The molecule has 0 aromatic heterocycles. The fraction of sp³-hybridized carbons (Fsp3) is 0.857. The summed E-state index contributed by atoms with van der Waals surface area (Å²) in [6.45, 7) is 4.64. The highest BCUT2D eigenvalue weighted by Gasteiger charge is 2.59. The predicted molar refractivity (Wildman–Crippen MR) is 77.0 cm³/mol. The molecule has 0 aromatic rings. The van der Waals surface area contributed by atoms with Gasteiger partial charge in [-0.2, -0.15) is 43.9 Å². The lowest BCUT2D eigenvalue weighted by atomic mass is 10.2. The zero-order chi connectivity index (χ0) is 22.2. The summed E-state index contributed by atoms with van der Waals surface area (Å²) in [5.41, 5.74) is 0. The number of halogens is 11. The van der Waals surface area contributed by atoms with Crippen LogP contribution in [0.1, 0.15) is 27.7 Å². The molecule has 0 amide bonds. The number of alkyl halides is 9. The van der Waals surface area contributed by atoms with Crippen molar-refractivity contribution in [2.24, 2.45) is 0 Å². The maximum absolute atomic E-state index is 12.8. The molecule has 1 unspecified atom stereocenters. The van der Waals surface area contributed by atoms with E-state index in [4.69, 9.17) is 0 Å². The van der Waals surface area contributed by atoms with Crippen LogP contribution in [0, 0.1) is 0 Å². The van der Waals surface area contributed by atoms with Crippen LogP contribution < -0.4 is 0 Å². The molecular weight excluding hydrogens is 405 g/mol. The van der Waals surface area contributed by atoms with E-state index in [0.717, 1.165) is 0 Å². The van der Waals surface area contributed by atoms with Crippen LogP contribution in [0.3, 0.4) is 0 Å². The minimum absolute atomic E-state index is 0.00810. The monoisotopic (exact) mass is 426 g/mol. The first-order chi connectivity index (χ1) is 12.0. The van der Waals surface area contributed by atoms with Crippen LogP contribution in [0.25, 0.3) is 0 Å². The van der Waals surface area contributed by atoms with Crippen molar-refractivity contribution < 1.29 is 48.3 Å². The van der Waals surface area contributed by atoms with Gasteiger partial charge in [0.25, 0.3) is 12.0 Å². The summed E-state index contributed by atoms with van der Waals surface area (Å²) in [4.78, 5) is 0.786. The molecule has 2 nitrogen and oxygen atoms in total. The van der Waals surface area contributed by atoms with Gasteiger partial charge in [-0.1, -0.05) is 13.8 Å². The molecule has 0 saturated heterocycles. The Labute approximate surface area is 149 Å². The Morgan fingerprint density at radius 1 is 0.741 bits per heavy atom. The molecule has 0 radical (unpaired) electrons. The van der Waals surface area contributed by atoms with E-state index in [-0.39, 0.29) is 31.1 Å². The molecule has 27 heavy (non-hydrogen) atoms. The molecule has 0 rings (SSSR count). The second kappa shape index (κ2) is 10.9. The van der Waals surface area contributed by atoms with Gasteiger partial charge in [0.15, 0.2) is 0 Å². The highest BCUT2D eigenvalue weighted by Crippen LogP contribution is 2.37. The summed E-state index contributed by atoms with van der Waals surface area (Å²) in [5, 5.41) is 0. The van der Waals surface area contributed by atoms with Crippen LogP contribution >= 0.6 is 0 Å². The molecule has 0 aliphatic carbocycles. The molecule has 0 spiro atoms. The Kier molecular flexibility index (Phi) is 11.3. The molecule has 13 heteroatoms. The normalized spacial score (nSPS) is 15.1. The standard InChI is InChI=1S/C7H11F6N.C7H10F5N/c1-3-14(4-2)7(12,13)5(8)6(9,10)11;1-3-13(4-2)6(9)5(8)7(10,11)12/h5H,3-4H2,1-2H3;3-4H2,1-2H3/b;6-5-. The first-order valence-corrected chi connectivity index (χ1v) is 7.73.